The van der Waals surface area contributed by atoms with Crippen LogP contribution < -0.4 is 11.1 Å². The van der Waals surface area contributed by atoms with Gasteiger partial charge in [0.05, 0.1) is 29.7 Å². The molecule has 0 fully saturated rings. The van der Waals surface area contributed by atoms with E-state index in [0.29, 0.717) is 17.2 Å². The van der Waals surface area contributed by atoms with Gasteiger partial charge < -0.3 is 11.1 Å². The van der Waals surface area contributed by atoms with Gasteiger partial charge in [-0.1, -0.05) is 50.2 Å². The molecule has 162 valence electrons. The molecule has 1 aromatic heterocycles. The van der Waals surface area contributed by atoms with Gasteiger partial charge in [0.25, 0.3) is 5.91 Å². The van der Waals surface area contributed by atoms with E-state index in [1.54, 1.807) is 0 Å². The molecule has 31 heavy (non-hydrogen) atoms. The molecular weight excluding hydrogens is 405 g/mol. The summed E-state index contributed by atoms with van der Waals surface area (Å²) in [5, 5.41) is 3.37. The van der Waals surface area contributed by atoms with Gasteiger partial charge in [0, 0.05) is 0 Å². The first-order valence-electron chi connectivity index (χ1n) is 9.79. The number of alkyl halides is 3. The molecule has 1 atom stereocenters. The van der Waals surface area contributed by atoms with E-state index in [2.05, 4.69) is 29.1 Å². The van der Waals surface area contributed by atoms with Gasteiger partial charge in [-0.2, -0.15) is 13.2 Å². The first-order valence-corrected chi connectivity index (χ1v) is 9.79. The summed E-state index contributed by atoms with van der Waals surface area (Å²) in [4.78, 5) is 19.0. The van der Waals surface area contributed by atoms with Gasteiger partial charge in [-0.25, -0.2) is 9.97 Å². The van der Waals surface area contributed by atoms with Crippen LogP contribution in [0.1, 0.15) is 48.1 Å². The molecule has 0 aliphatic rings. The molecule has 0 aliphatic carbocycles. The third-order valence-electron chi connectivity index (χ3n) is 4.78. The Labute approximate surface area is 178 Å². The molecule has 0 bridgehead atoms. The number of amides is 1. The van der Waals surface area contributed by atoms with Crippen LogP contribution in [0.3, 0.4) is 0 Å². The van der Waals surface area contributed by atoms with Gasteiger partial charge in [0.2, 0.25) is 5.82 Å². The van der Waals surface area contributed by atoms with Crippen molar-refractivity contribution in [2.75, 3.05) is 5.32 Å². The highest BCUT2D eigenvalue weighted by Crippen LogP contribution is 2.32. The number of hydrogen-bond donors (Lipinski definition) is 2. The molecule has 3 rings (SSSR count). The zero-order valence-electron chi connectivity index (χ0n) is 17.1. The number of carbonyl (C=O) groups excluding carboxylic acids is 1. The van der Waals surface area contributed by atoms with E-state index in [-0.39, 0.29) is 11.9 Å². The third kappa shape index (κ3) is 5.81. The molecule has 1 amide bonds. The molecule has 0 radical (unpaired) electrons. The molecule has 0 spiro atoms. The fourth-order valence-electron chi connectivity index (χ4n) is 3.24. The summed E-state index contributed by atoms with van der Waals surface area (Å²) in [6.07, 6.45) is -0.497. The van der Waals surface area contributed by atoms with Crippen LogP contribution in [0.2, 0.25) is 0 Å². The Bertz CT molecular complexity index is 1010. The number of hydrogen-bond acceptors (Lipinski definition) is 4. The van der Waals surface area contributed by atoms with Crippen LogP contribution in [-0.2, 0) is 6.18 Å². The van der Waals surface area contributed by atoms with Gasteiger partial charge in [0.15, 0.2) is 0 Å². The minimum Gasteiger partial charge on any atom is -0.376 e. The van der Waals surface area contributed by atoms with E-state index < -0.39 is 17.6 Å². The van der Waals surface area contributed by atoms with E-state index in [0.717, 1.165) is 29.7 Å². The zero-order chi connectivity index (χ0) is 22.6. The van der Waals surface area contributed by atoms with Crippen LogP contribution >= 0.6 is 0 Å². The lowest BCUT2D eigenvalue weighted by Crippen LogP contribution is -2.17. The lowest BCUT2D eigenvalue weighted by molar-refractivity contribution is -0.137. The fourth-order valence-corrected chi connectivity index (χ4v) is 3.24. The van der Waals surface area contributed by atoms with E-state index in [9.17, 15) is 18.0 Å². The topological polar surface area (TPSA) is 80.9 Å². The van der Waals surface area contributed by atoms with Crippen LogP contribution in [0, 0.1) is 5.92 Å². The van der Waals surface area contributed by atoms with E-state index in [1.807, 2.05) is 24.3 Å². The van der Waals surface area contributed by atoms with Crippen LogP contribution in [-0.4, -0.2) is 15.9 Å². The molecule has 1 heterocycles. The smallest absolute Gasteiger partial charge is 0.376 e. The van der Waals surface area contributed by atoms with Crippen molar-refractivity contribution < 1.29 is 18.0 Å². The Hall–Kier alpha value is -3.42. The average molecular weight is 428 g/mol. The summed E-state index contributed by atoms with van der Waals surface area (Å²) in [5.74, 6) is -0.339. The lowest BCUT2D eigenvalue weighted by atomic mass is 9.94. The van der Waals surface area contributed by atoms with Crippen LogP contribution in [0.4, 0.5) is 18.9 Å². The zero-order valence-corrected chi connectivity index (χ0v) is 17.1. The Morgan fingerprint density at radius 1 is 0.968 bits per heavy atom. The largest absolute Gasteiger partial charge is 0.416 e. The highest BCUT2D eigenvalue weighted by molar-refractivity contribution is 5.88. The van der Waals surface area contributed by atoms with Gasteiger partial charge in [-0.15, -0.1) is 0 Å². The Kier molecular flexibility index (Phi) is 6.58. The summed E-state index contributed by atoms with van der Waals surface area (Å²) in [6.45, 7) is 4.22. The number of nitrogens with zero attached hydrogens (tertiary/aromatic N) is 2. The Balaban J connectivity index is 1.79. The quantitative estimate of drug-likeness (QED) is 0.524. The highest BCUT2D eigenvalue weighted by atomic mass is 19.4. The molecular formula is C23H23F3N4O. The summed E-state index contributed by atoms with van der Waals surface area (Å²) in [7, 11) is 0. The summed E-state index contributed by atoms with van der Waals surface area (Å²) < 4.78 is 38.3. The van der Waals surface area contributed by atoms with Crippen molar-refractivity contribution in [1.29, 1.82) is 0 Å². The van der Waals surface area contributed by atoms with Crippen molar-refractivity contribution in [3.63, 3.8) is 0 Å². The number of carbonyl (C=O) groups is 1. The van der Waals surface area contributed by atoms with Crippen molar-refractivity contribution in [1.82, 2.24) is 9.97 Å². The standard InChI is InChI=1S/C23H23F3N4O/c1-14(2)11-20(30-19-12-28-22(21(27)31)29-13-19)17-5-3-15(4-6-17)16-7-9-18(10-8-16)23(24,25)26/h3-10,12-14,20,30H,11H2,1-2H3,(H2,27,31). The summed E-state index contributed by atoms with van der Waals surface area (Å²) >= 11 is 0. The molecule has 3 aromatic rings. The van der Waals surface area contributed by atoms with E-state index in [1.165, 1.54) is 24.5 Å². The molecule has 8 heteroatoms. The second kappa shape index (κ2) is 9.16. The fraction of sp³-hybridized carbons (Fsp3) is 0.261. The molecule has 3 N–H and O–H groups in total. The normalized spacial score (nSPS) is 12.6. The maximum Gasteiger partial charge on any atom is 0.416 e. The minimum atomic E-state index is -4.35. The average Bonchev–Trinajstić information content (AvgIpc) is 2.73. The molecule has 2 aromatic carbocycles. The summed E-state index contributed by atoms with van der Waals surface area (Å²) in [6, 6.07) is 12.8. The van der Waals surface area contributed by atoms with Gasteiger partial charge >= 0.3 is 6.18 Å². The molecule has 1 unspecified atom stereocenters. The van der Waals surface area contributed by atoms with Crippen LogP contribution in [0.25, 0.3) is 11.1 Å². The van der Waals surface area contributed by atoms with Crippen molar-refractivity contribution in [2.24, 2.45) is 11.7 Å². The second-order valence-electron chi connectivity index (χ2n) is 7.68. The SMILES string of the molecule is CC(C)CC(Nc1cnc(C(N)=O)nc1)c1ccc(-c2ccc(C(F)(F)F)cc2)cc1. The van der Waals surface area contributed by atoms with Gasteiger partial charge in [-0.05, 0) is 41.2 Å². The Morgan fingerprint density at radius 3 is 1.94 bits per heavy atom. The van der Waals surface area contributed by atoms with Crippen molar-refractivity contribution >= 4 is 11.6 Å². The van der Waals surface area contributed by atoms with Crippen LogP contribution in [0.15, 0.2) is 60.9 Å². The molecule has 0 saturated heterocycles. The number of benzene rings is 2. The number of primary amides is 1. The second-order valence-corrected chi connectivity index (χ2v) is 7.68. The predicted octanol–water partition coefficient (Wildman–Crippen LogP) is 5.46. The monoisotopic (exact) mass is 428 g/mol. The minimum absolute atomic E-state index is 0.0373. The number of nitrogens with one attached hydrogen (secondary N) is 1. The molecule has 0 saturated carbocycles. The lowest BCUT2D eigenvalue weighted by Gasteiger charge is -2.22. The number of halogens is 3. The third-order valence-corrected chi connectivity index (χ3v) is 4.78. The number of anilines is 1. The number of rotatable bonds is 7. The number of nitrogens with two attached hydrogens (primary N) is 1. The summed E-state index contributed by atoms with van der Waals surface area (Å²) in [5.41, 5.74) is 7.72. The van der Waals surface area contributed by atoms with Gasteiger partial charge in [-0.3, -0.25) is 4.79 Å². The first-order chi connectivity index (χ1) is 14.6. The highest BCUT2D eigenvalue weighted by Gasteiger charge is 2.30. The van der Waals surface area contributed by atoms with Gasteiger partial charge in [0.1, 0.15) is 0 Å². The maximum atomic E-state index is 12.8. The van der Waals surface area contributed by atoms with E-state index >= 15 is 0 Å². The van der Waals surface area contributed by atoms with Crippen molar-refractivity contribution in [3.8, 4) is 11.1 Å². The molecule has 5 nitrogen and oxygen atoms in total. The van der Waals surface area contributed by atoms with Crippen LogP contribution in [0.5, 0.6) is 0 Å². The number of aromatic nitrogens is 2. The predicted molar refractivity (Wildman–Crippen MR) is 113 cm³/mol. The Morgan fingerprint density at radius 2 is 1.48 bits per heavy atom. The van der Waals surface area contributed by atoms with Crippen molar-refractivity contribution in [2.45, 2.75) is 32.5 Å². The maximum absolute atomic E-state index is 12.8. The van der Waals surface area contributed by atoms with Crippen molar-refractivity contribution in [3.05, 3.63) is 77.9 Å². The first kappa shape index (κ1) is 22.3. The van der Waals surface area contributed by atoms with E-state index in [4.69, 9.17) is 5.73 Å². The molecule has 0 aliphatic heterocycles.